The zero-order valence-electron chi connectivity index (χ0n) is 11.9. The molecule has 0 radical (unpaired) electrons. The van der Waals surface area contributed by atoms with Crippen molar-refractivity contribution < 1.29 is 0 Å². The Bertz CT molecular complexity index is 389. The molecule has 2 N–H and O–H groups in total. The Balaban J connectivity index is 2.13. The molecule has 0 atom stereocenters. The summed E-state index contributed by atoms with van der Waals surface area (Å²) in [5, 5.41) is 4.56. The van der Waals surface area contributed by atoms with E-state index in [1.54, 1.807) is 0 Å². The van der Waals surface area contributed by atoms with Crippen LogP contribution in [-0.2, 0) is 13.5 Å². The molecule has 2 rings (SSSR count). The summed E-state index contributed by atoms with van der Waals surface area (Å²) in [5.41, 5.74) is 8.22. The van der Waals surface area contributed by atoms with E-state index in [9.17, 15) is 0 Å². The molecule has 18 heavy (non-hydrogen) atoms. The number of rotatable bonds is 4. The molecule has 1 aromatic heterocycles. The van der Waals surface area contributed by atoms with Crippen LogP contribution in [0.4, 0.5) is 11.5 Å². The highest BCUT2D eigenvalue weighted by Gasteiger charge is 2.23. The molecule has 4 nitrogen and oxygen atoms in total. The maximum Gasteiger partial charge on any atom is 0.150 e. The van der Waals surface area contributed by atoms with E-state index in [0.717, 1.165) is 49.0 Å². The number of anilines is 2. The normalized spacial score (nSPS) is 17.4. The lowest BCUT2D eigenvalue weighted by molar-refractivity contribution is 0.391. The van der Waals surface area contributed by atoms with Crippen molar-refractivity contribution in [2.75, 3.05) is 23.7 Å². The van der Waals surface area contributed by atoms with E-state index in [-0.39, 0.29) is 0 Å². The lowest BCUT2D eigenvalue weighted by Gasteiger charge is -2.33. The Kier molecular flexibility index (Phi) is 4.15. The third-order valence-electron chi connectivity index (χ3n) is 4.11. The van der Waals surface area contributed by atoms with Crippen LogP contribution < -0.4 is 10.6 Å². The van der Waals surface area contributed by atoms with E-state index in [0.29, 0.717) is 0 Å². The first-order chi connectivity index (χ1) is 8.67. The molecule has 0 aromatic carbocycles. The van der Waals surface area contributed by atoms with Crippen LogP contribution in [0.3, 0.4) is 0 Å². The van der Waals surface area contributed by atoms with Gasteiger partial charge in [-0.05, 0) is 25.2 Å². The number of hydrogen-bond donors (Lipinski definition) is 1. The van der Waals surface area contributed by atoms with Gasteiger partial charge in [0.2, 0.25) is 0 Å². The number of aryl methyl sites for hydroxylation is 2. The molecule has 0 amide bonds. The van der Waals surface area contributed by atoms with Crippen molar-refractivity contribution in [1.82, 2.24) is 9.78 Å². The summed E-state index contributed by atoms with van der Waals surface area (Å²) in [7, 11) is 2.01. The predicted molar refractivity (Wildman–Crippen MR) is 76.8 cm³/mol. The van der Waals surface area contributed by atoms with Gasteiger partial charge in [0.25, 0.3) is 0 Å². The molecule has 4 heteroatoms. The van der Waals surface area contributed by atoms with E-state index < -0.39 is 0 Å². The minimum absolute atomic E-state index is 0.894. The average molecular weight is 250 g/mol. The van der Waals surface area contributed by atoms with Crippen LogP contribution in [0.15, 0.2) is 0 Å². The molecular formula is C14H26N4. The first-order valence-corrected chi connectivity index (χ1v) is 7.23. The Morgan fingerprint density at radius 3 is 2.50 bits per heavy atom. The molecule has 1 aliphatic rings. The Morgan fingerprint density at radius 1 is 1.28 bits per heavy atom. The second kappa shape index (κ2) is 5.63. The quantitative estimate of drug-likeness (QED) is 0.893. The number of nitrogens with zero attached hydrogens (tertiary/aromatic N) is 3. The zero-order chi connectivity index (χ0) is 13.1. The van der Waals surface area contributed by atoms with Gasteiger partial charge in [-0.2, -0.15) is 5.10 Å². The lowest BCUT2D eigenvalue weighted by atomic mass is 9.94. The maximum absolute atomic E-state index is 6.26. The van der Waals surface area contributed by atoms with Gasteiger partial charge in [-0.1, -0.05) is 26.7 Å². The summed E-state index contributed by atoms with van der Waals surface area (Å²) in [5.74, 6) is 2.03. The number of piperidine rings is 1. The Labute approximate surface area is 110 Å². The zero-order valence-corrected chi connectivity index (χ0v) is 11.9. The Morgan fingerprint density at radius 2 is 1.94 bits per heavy atom. The highest BCUT2D eigenvalue weighted by atomic mass is 15.4. The van der Waals surface area contributed by atoms with Crippen molar-refractivity contribution in [1.29, 1.82) is 0 Å². The molecule has 0 saturated carbocycles. The standard InChI is InChI=1S/C14H26N4/c1-4-6-12-13(15)14(17(3)16-12)18-9-7-11(5-2)8-10-18/h11H,4-10,15H2,1-3H3. The van der Waals surface area contributed by atoms with Gasteiger partial charge < -0.3 is 10.6 Å². The van der Waals surface area contributed by atoms with E-state index in [1.165, 1.54) is 19.3 Å². The summed E-state index contributed by atoms with van der Waals surface area (Å²) >= 11 is 0. The van der Waals surface area contributed by atoms with Crippen molar-refractivity contribution in [3.05, 3.63) is 5.69 Å². The van der Waals surface area contributed by atoms with E-state index in [4.69, 9.17) is 5.73 Å². The molecule has 1 aliphatic heterocycles. The topological polar surface area (TPSA) is 47.1 Å². The predicted octanol–water partition coefficient (Wildman–Crippen LogP) is 2.58. The van der Waals surface area contributed by atoms with Crippen molar-refractivity contribution in [3.63, 3.8) is 0 Å². The van der Waals surface area contributed by atoms with Crippen molar-refractivity contribution in [2.45, 2.75) is 46.0 Å². The smallest absolute Gasteiger partial charge is 0.150 e. The van der Waals surface area contributed by atoms with Gasteiger partial charge in [-0.15, -0.1) is 0 Å². The first-order valence-electron chi connectivity index (χ1n) is 7.23. The van der Waals surface area contributed by atoms with Gasteiger partial charge in [-0.3, -0.25) is 4.68 Å². The molecule has 1 fully saturated rings. The molecule has 1 aromatic rings. The van der Waals surface area contributed by atoms with E-state index in [1.807, 2.05) is 11.7 Å². The number of hydrogen-bond acceptors (Lipinski definition) is 3. The van der Waals surface area contributed by atoms with Crippen LogP contribution in [0, 0.1) is 5.92 Å². The van der Waals surface area contributed by atoms with Gasteiger partial charge in [0.05, 0.1) is 11.4 Å². The van der Waals surface area contributed by atoms with Gasteiger partial charge in [0.1, 0.15) is 5.82 Å². The van der Waals surface area contributed by atoms with Crippen molar-refractivity contribution in [3.8, 4) is 0 Å². The molecule has 0 spiro atoms. The Hall–Kier alpha value is -1.19. The highest BCUT2D eigenvalue weighted by Crippen LogP contribution is 2.31. The third-order valence-corrected chi connectivity index (χ3v) is 4.11. The molecule has 0 aliphatic carbocycles. The van der Waals surface area contributed by atoms with Gasteiger partial charge >= 0.3 is 0 Å². The highest BCUT2D eigenvalue weighted by molar-refractivity contribution is 5.66. The maximum atomic E-state index is 6.26. The SMILES string of the molecule is CCCc1nn(C)c(N2CCC(CC)CC2)c1N. The summed E-state index contributed by atoms with van der Waals surface area (Å²) in [6, 6.07) is 0. The van der Waals surface area contributed by atoms with Crippen LogP contribution in [0.25, 0.3) is 0 Å². The average Bonchev–Trinajstić information content (AvgIpc) is 2.65. The molecule has 1 saturated heterocycles. The van der Waals surface area contributed by atoms with E-state index in [2.05, 4.69) is 23.8 Å². The fraction of sp³-hybridized carbons (Fsp3) is 0.786. The minimum atomic E-state index is 0.894. The van der Waals surface area contributed by atoms with Crippen LogP contribution >= 0.6 is 0 Å². The van der Waals surface area contributed by atoms with Crippen molar-refractivity contribution >= 4 is 11.5 Å². The molecule has 2 heterocycles. The summed E-state index contributed by atoms with van der Waals surface area (Å²) in [6.07, 6.45) is 5.94. The first kappa shape index (κ1) is 13.2. The number of nitrogens with two attached hydrogens (primary N) is 1. The van der Waals surface area contributed by atoms with Gasteiger partial charge in [0, 0.05) is 20.1 Å². The summed E-state index contributed by atoms with van der Waals surface area (Å²) in [4.78, 5) is 2.41. The van der Waals surface area contributed by atoms with Gasteiger partial charge in [-0.25, -0.2) is 0 Å². The minimum Gasteiger partial charge on any atom is -0.394 e. The van der Waals surface area contributed by atoms with Crippen LogP contribution in [0.2, 0.25) is 0 Å². The number of aromatic nitrogens is 2. The lowest BCUT2D eigenvalue weighted by Crippen LogP contribution is -2.35. The van der Waals surface area contributed by atoms with Crippen molar-refractivity contribution in [2.24, 2.45) is 13.0 Å². The number of nitrogen functional groups attached to an aromatic ring is 1. The second-order valence-electron chi connectivity index (χ2n) is 5.40. The van der Waals surface area contributed by atoms with E-state index >= 15 is 0 Å². The largest absolute Gasteiger partial charge is 0.394 e. The monoisotopic (exact) mass is 250 g/mol. The van der Waals surface area contributed by atoms with Crippen LogP contribution in [0.5, 0.6) is 0 Å². The molecule has 0 unspecified atom stereocenters. The summed E-state index contributed by atoms with van der Waals surface area (Å²) < 4.78 is 1.96. The summed E-state index contributed by atoms with van der Waals surface area (Å²) in [6.45, 7) is 6.69. The molecule has 0 bridgehead atoms. The molecule has 102 valence electrons. The third kappa shape index (κ3) is 2.47. The fourth-order valence-electron chi connectivity index (χ4n) is 2.94. The fourth-order valence-corrected chi connectivity index (χ4v) is 2.94. The van der Waals surface area contributed by atoms with Crippen LogP contribution in [0.1, 0.15) is 45.2 Å². The van der Waals surface area contributed by atoms with Crippen LogP contribution in [-0.4, -0.2) is 22.9 Å². The molecular weight excluding hydrogens is 224 g/mol. The second-order valence-corrected chi connectivity index (χ2v) is 5.40. The van der Waals surface area contributed by atoms with Gasteiger partial charge in [0.15, 0.2) is 0 Å².